The highest BCUT2D eigenvalue weighted by atomic mass is 16.1. The number of hydrogen-bond acceptors (Lipinski definition) is 3. The van der Waals surface area contributed by atoms with E-state index >= 15 is 0 Å². The summed E-state index contributed by atoms with van der Waals surface area (Å²) < 4.78 is 0. The maximum atomic E-state index is 12.7. The number of nitrogens with one attached hydrogen (secondary N) is 1. The summed E-state index contributed by atoms with van der Waals surface area (Å²) in [6, 6.07) is 17.9. The van der Waals surface area contributed by atoms with Crippen molar-refractivity contribution in [3.8, 4) is 0 Å². The van der Waals surface area contributed by atoms with Gasteiger partial charge in [-0.15, -0.1) is 0 Å². The van der Waals surface area contributed by atoms with E-state index in [1.54, 1.807) is 6.20 Å². The highest BCUT2D eigenvalue weighted by Crippen LogP contribution is 2.37. The molecule has 2 atom stereocenters. The predicted octanol–water partition coefficient (Wildman–Crippen LogP) is 5.50. The van der Waals surface area contributed by atoms with Crippen molar-refractivity contribution in [3.63, 3.8) is 0 Å². The van der Waals surface area contributed by atoms with Crippen LogP contribution in [0.1, 0.15) is 42.5 Å². The van der Waals surface area contributed by atoms with E-state index in [1.807, 2.05) is 42.5 Å². The molecule has 2 aromatic carbocycles. The topological polar surface area (TPSA) is 45.2 Å². The van der Waals surface area contributed by atoms with Gasteiger partial charge < -0.3 is 10.2 Å². The molecule has 1 saturated heterocycles. The van der Waals surface area contributed by atoms with Crippen LogP contribution >= 0.6 is 0 Å². The van der Waals surface area contributed by atoms with Crippen LogP contribution in [0, 0.1) is 11.8 Å². The van der Waals surface area contributed by atoms with Crippen molar-refractivity contribution in [1.82, 2.24) is 4.98 Å². The van der Waals surface area contributed by atoms with Crippen molar-refractivity contribution in [2.45, 2.75) is 32.1 Å². The average molecular weight is 386 g/mol. The molecule has 4 heteroatoms. The molecule has 2 heterocycles. The molecule has 5 rings (SSSR count). The highest BCUT2D eigenvalue weighted by Gasteiger charge is 2.31. The molecule has 148 valence electrons. The van der Waals surface area contributed by atoms with Crippen molar-refractivity contribution in [2.75, 3.05) is 23.3 Å². The zero-order valence-electron chi connectivity index (χ0n) is 16.7. The van der Waals surface area contributed by atoms with Gasteiger partial charge in [0.25, 0.3) is 5.91 Å². The summed E-state index contributed by atoms with van der Waals surface area (Å²) in [5.74, 6) is 1.68. The second-order valence-electron chi connectivity index (χ2n) is 8.46. The molecule has 4 nitrogen and oxygen atoms in total. The first kappa shape index (κ1) is 18.2. The molecule has 2 fully saturated rings. The molecule has 1 amide bonds. The number of benzene rings is 2. The normalized spacial score (nSPS) is 21.6. The fourth-order valence-corrected chi connectivity index (χ4v) is 5.00. The molecule has 1 aromatic heterocycles. The highest BCUT2D eigenvalue weighted by molar-refractivity contribution is 6.05. The van der Waals surface area contributed by atoms with E-state index in [0.717, 1.165) is 35.0 Å². The lowest BCUT2D eigenvalue weighted by Gasteiger charge is -2.42. The van der Waals surface area contributed by atoms with Crippen molar-refractivity contribution >= 4 is 28.2 Å². The standard InChI is InChI=1S/C25H27N3O/c29-25(27-22-15-20-6-3-4-8-24(20)26-16-22)19-9-11-23(12-10-19)28-14-13-18-5-1-2-7-21(18)17-28/h3-4,6,8-12,15-16,18,21H,1-2,5,7,13-14,17H2,(H,27,29)/t18-,21-/m0/s1. The minimum Gasteiger partial charge on any atom is -0.371 e. The lowest BCUT2D eigenvalue weighted by atomic mass is 9.75. The number of fused-ring (bicyclic) bond motifs is 2. The summed E-state index contributed by atoms with van der Waals surface area (Å²) in [6.45, 7) is 2.30. The Balaban J connectivity index is 1.26. The van der Waals surface area contributed by atoms with Crippen LogP contribution < -0.4 is 10.2 Å². The van der Waals surface area contributed by atoms with Crippen molar-refractivity contribution in [2.24, 2.45) is 11.8 Å². The zero-order chi connectivity index (χ0) is 19.6. The molecule has 1 aliphatic carbocycles. The molecule has 3 aromatic rings. The zero-order valence-corrected chi connectivity index (χ0v) is 16.7. The van der Waals surface area contributed by atoms with Crippen LogP contribution in [0.5, 0.6) is 0 Å². The number of rotatable bonds is 3. The first-order valence-electron chi connectivity index (χ1n) is 10.8. The molecule has 1 aliphatic heterocycles. The smallest absolute Gasteiger partial charge is 0.255 e. The van der Waals surface area contributed by atoms with E-state index < -0.39 is 0 Å². The van der Waals surface area contributed by atoms with Crippen LogP contribution in [0.3, 0.4) is 0 Å². The number of amides is 1. The second-order valence-corrected chi connectivity index (χ2v) is 8.46. The summed E-state index contributed by atoms with van der Waals surface area (Å²) in [6.07, 6.45) is 8.61. The number of anilines is 2. The van der Waals surface area contributed by atoms with Crippen LogP contribution in [-0.2, 0) is 0 Å². The van der Waals surface area contributed by atoms with E-state index in [-0.39, 0.29) is 5.91 Å². The fourth-order valence-electron chi connectivity index (χ4n) is 5.00. The summed E-state index contributed by atoms with van der Waals surface area (Å²) >= 11 is 0. The van der Waals surface area contributed by atoms with E-state index in [9.17, 15) is 4.79 Å². The third-order valence-electron chi connectivity index (χ3n) is 6.63. The molecule has 1 saturated carbocycles. The fraction of sp³-hybridized carbons (Fsp3) is 0.360. The summed E-state index contributed by atoms with van der Waals surface area (Å²) in [7, 11) is 0. The molecular weight excluding hydrogens is 358 g/mol. The van der Waals surface area contributed by atoms with Gasteiger partial charge in [0.1, 0.15) is 0 Å². The largest absolute Gasteiger partial charge is 0.371 e. The van der Waals surface area contributed by atoms with E-state index in [0.29, 0.717) is 5.56 Å². The van der Waals surface area contributed by atoms with Gasteiger partial charge in [-0.3, -0.25) is 9.78 Å². The second kappa shape index (κ2) is 7.86. The summed E-state index contributed by atoms with van der Waals surface area (Å²) in [4.78, 5) is 19.6. The van der Waals surface area contributed by atoms with Crippen molar-refractivity contribution < 1.29 is 4.79 Å². The summed E-state index contributed by atoms with van der Waals surface area (Å²) in [5, 5.41) is 3.99. The molecule has 1 N–H and O–H groups in total. The van der Waals surface area contributed by atoms with E-state index in [2.05, 4.69) is 27.3 Å². The summed E-state index contributed by atoms with van der Waals surface area (Å²) in [5.41, 5.74) is 3.56. The molecule has 0 bridgehead atoms. The number of nitrogens with zero attached hydrogens (tertiary/aromatic N) is 2. The minimum absolute atomic E-state index is 0.0976. The molecule has 0 radical (unpaired) electrons. The Bertz CT molecular complexity index is 1010. The van der Waals surface area contributed by atoms with Crippen molar-refractivity contribution in [3.05, 3.63) is 66.4 Å². The van der Waals surface area contributed by atoms with Gasteiger partial charge in [0.05, 0.1) is 17.4 Å². The maximum absolute atomic E-state index is 12.7. The Hall–Kier alpha value is -2.88. The van der Waals surface area contributed by atoms with Crippen LogP contribution in [0.15, 0.2) is 60.8 Å². The van der Waals surface area contributed by atoms with Gasteiger partial charge >= 0.3 is 0 Å². The van der Waals surface area contributed by atoms with Crippen LogP contribution in [0.2, 0.25) is 0 Å². The first-order valence-corrected chi connectivity index (χ1v) is 10.8. The van der Waals surface area contributed by atoms with Crippen LogP contribution in [0.25, 0.3) is 10.9 Å². The van der Waals surface area contributed by atoms with Gasteiger partial charge in [0.15, 0.2) is 0 Å². The average Bonchev–Trinajstić information content (AvgIpc) is 2.79. The van der Waals surface area contributed by atoms with Crippen LogP contribution in [0.4, 0.5) is 11.4 Å². The van der Waals surface area contributed by atoms with E-state index in [4.69, 9.17) is 0 Å². The Morgan fingerprint density at radius 3 is 2.62 bits per heavy atom. The number of aromatic nitrogens is 1. The monoisotopic (exact) mass is 385 g/mol. The SMILES string of the molecule is O=C(Nc1cnc2ccccc2c1)c1ccc(N2CC[C@@H]3CCCC[C@H]3C2)cc1. The van der Waals surface area contributed by atoms with Gasteiger partial charge in [-0.05, 0) is 61.1 Å². The van der Waals surface area contributed by atoms with Gasteiger partial charge in [0.2, 0.25) is 0 Å². The Morgan fingerprint density at radius 1 is 0.966 bits per heavy atom. The van der Waals surface area contributed by atoms with Gasteiger partial charge in [0, 0.05) is 29.7 Å². The van der Waals surface area contributed by atoms with Crippen LogP contribution in [-0.4, -0.2) is 24.0 Å². The lowest BCUT2D eigenvalue weighted by Crippen LogP contribution is -2.41. The maximum Gasteiger partial charge on any atom is 0.255 e. The van der Waals surface area contributed by atoms with Crippen molar-refractivity contribution in [1.29, 1.82) is 0 Å². The molecule has 29 heavy (non-hydrogen) atoms. The Kier molecular flexibility index (Phi) is 4.92. The Morgan fingerprint density at radius 2 is 1.76 bits per heavy atom. The third kappa shape index (κ3) is 3.84. The third-order valence-corrected chi connectivity index (χ3v) is 6.63. The molecule has 0 unspecified atom stereocenters. The number of carbonyl (C=O) groups is 1. The van der Waals surface area contributed by atoms with Gasteiger partial charge in [-0.2, -0.15) is 0 Å². The van der Waals surface area contributed by atoms with E-state index in [1.165, 1.54) is 44.3 Å². The number of pyridine rings is 1. The quantitative estimate of drug-likeness (QED) is 0.647. The van der Waals surface area contributed by atoms with Gasteiger partial charge in [-0.1, -0.05) is 37.5 Å². The van der Waals surface area contributed by atoms with Gasteiger partial charge in [-0.25, -0.2) is 0 Å². The number of para-hydroxylation sites is 1. The predicted molar refractivity (Wildman–Crippen MR) is 118 cm³/mol. The minimum atomic E-state index is -0.0976. The molecule has 2 aliphatic rings. The molecule has 0 spiro atoms. The lowest BCUT2D eigenvalue weighted by molar-refractivity contribution is 0.102. The number of piperidine rings is 1. The molecular formula is C25H27N3O. The number of carbonyl (C=O) groups excluding carboxylic acids is 1. The Labute approximate surface area is 171 Å². The number of hydrogen-bond donors (Lipinski definition) is 1. The first-order chi connectivity index (χ1) is 14.3.